The van der Waals surface area contributed by atoms with Gasteiger partial charge in [0, 0.05) is 23.3 Å². The number of aryl methyl sites for hydroxylation is 1. The summed E-state index contributed by atoms with van der Waals surface area (Å²) in [6, 6.07) is 24.6. The van der Waals surface area contributed by atoms with Gasteiger partial charge in [0.05, 0.1) is 23.5 Å². The monoisotopic (exact) mass is 442 g/mol. The summed E-state index contributed by atoms with van der Waals surface area (Å²) in [6.45, 7) is 4.19. The van der Waals surface area contributed by atoms with Gasteiger partial charge >= 0.3 is 0 Å². The van der Waals surface area contributed by atoms with Crippen LogP contribution in [0.25, 0.3) is 5.69 Å². The van der Waals surface area contributed by atoms with E-state index < -0.39 is 0 Å². The second-order valence-electron chi connectivity index (χ2n) is 7.95. The van der Waals surface area contributed by atoms with E-state index in [1.807, 2.05) is 47.4 Å². The molecule has 3 heterocycles. The molecule has 1 N–H and O–H groups in total. The number of nitrogens with one attached hydrogen (secondary N) is 1. The van der Waals surface area contributed by atoms with Gasteiger partial charge in [-0.1, -0.05) is 36.4 Å². The molecular formula is C26H23FN4S. The van der Waals surface area contributed by atoms with Crippen molar-refractivity contribution in [3.05, 3.63) is 114 Å². The van der Waals surface area contributed by atoms with Crippen LogP contribution in [0.5, 0.6) is 0 Å². The number of hydrogen-bond donors (Lipinski definition) is 1. The molecular weight excluding hydrogens is 419 g/mol. The minimum Gasteiger partial charge on any atom is -0.351 e. The predicted molar refractivity (Wildman–Crippen MR) is 130 cm³/mol. The average Bonchev–Trinajstić information content (AvgIpc) is 3.30. The van der Waals surface area contributed by atoms with E-state index in [1.54, 1.807) is 18.3 Å². The highest BCUT2D eigenvalue weighted by atomic mass is 32.1. The number of nitrogens with zero attached hydrogens (tertiary/aromatic N) is 3. The average molecular weight is 443 g/mol. The van der Waals surface area contributed by atoms with Crippen LogP contribution in [0.1, 0.15) is 34.7 Å². The fraction of sp³-hybridized carbons (Fsp3) is 0.154. The van der Waals surface area contributed by atoms with E-state index in [0.717, 1.165) is 28.3 Å². The van der Waals surface area contributed by atoms with Gasteiger partial charge in [-0.15, -0.1) is 0 Å². The lowest BCUT2D eigenvalue weighted by atomic mass is 9.96. The molecule has 2 aromatic heterocycles. The van der Waals surface area contributed by atoms with Crippen molar-refractivity contribution in [3.8, 4) is 5.69 Å². The van der Waals surface area contributed by atoms with Crippen molar-refractivity contribution < 1.29 is 4.39 Å². The first-order valence-corrected chi connectivity index (χ1v) is 11.0. The van der Waals surface area contributed by atoms with Crippen molar-refractivity contribution in [3.63, 3.8) is 0 Å². The molecule has 0 radical (unpaired) electrons. The predicted octanol–water partition coefficient (Wildman–Crippen LogP) is 5.81. The number of halogens is 1. The molecule has 0 bridgehead atoms. The molecule has 0 aliphatic carbocycles. The molecule has 2 atom stereocenters. The van der Waals surface area contributed by atoms with Crippen LogP contribution in [-0.4, -0.2) is 14.7 Å². The second kappa shape index (κ2) is 8.20. The van der Waals surface area contributed by atoms with Crippen LogP contribution >= 0.6 is 12.2 Å². The van der Waals surface area contributed by atoms with E-state index in [2.05, 4.69) is 46.9 Å². The summed E-state index contributed by atoms with van der Waals surface area (Å²) < 4.78 is 17.2. The number of anilines is 1. The normalized spacial score (nSPS) is 18.1. The van der Waals surface area contributed by atoms with Crippen molar-refractivity contribution >= 4 is 23.0 Å². The van der Waals surface area contributed by atoms with E-state index in [4.69, 9.17) is 12.2 Å². The van der Waals surface area contributed by atoms with Gasteiger partial charge in [-0.2, -0.15) is 0 Å². The summed E-state index contributed by atoms with van der Waals surface area (Å²) in [5.41, 5.74) is 5.69. The molecule has 1 fully saturated rings. The summed E-state index contributed by atoms with van der Waals surface area (Å²) in [5, 5.41) is 3.90. The number of pyridine rings is 1. The lowest BCUT2D eigenvalue weighted by Crippen LogP contribution is -2.30. The maximum atomic E-state index is 14.9. The first-order chi connectivity index (χ1) is 15.6. The van der Waals surface area contributed by atoms with Crippen LogP contribution in [0.15, 0.2) is 85.1 Å². The molecule has 4 nitrogen and oxygen atoms in total. The standard InChI is InChI=1S/C26H23FN4S/c1-17-16-20(18(2)30(17)19-10-4-3-5-11-19)25-24(22-13-8-9-15-28-22)29-26(32)31(25)23-14-7-6-12-21(23)27/h3-16,24-25H,1-2H3,(H,29,32). The molecule has 0 spiro atoms. The van der Waals surface area contributed by atoms with Crippen LogP contribution in [-0.2, 0) is 0 Å². The molecule has 0 amide bonds. The number of aromatic nitrogens is 2. The van der Waals surface area contributed by atoms with Gasteiger partial charge in [-0.3, -0.25) is 4.98 Å². The molecule has 6 heteroatoms. The van der Waals surface area contributed by atoms with Crippen molar-refractivity contribution in [1.82, 2.24) is 14.9 Å². The van der Waals surface area contributed by atoms with Gasteiger partial charge in [0.25, 0.3) is 0 Å². The van der Waals surface area contributed by atoms with Gasteiger partial charge in [-0.05, 0) is 74.1 Å². The van der Waals surface area contributed by atoms with Crippen LogP contribution in [0.3, 0.4) is 0 Å². The fourth-order valence-corrected chi connectivity index (χ4v) is 4.98. The molecule has 1 aliphatic heterocycles. The zero-order chi connectivity index (χ0) is 22.2. The Balaban J connectivity index is 1.70. The molecule has 5 rings (SSSR count). The Bertz CT molecular complexity index is 1270. The quantitative estimate of drug-likeness (QED) is 0.405. The smallest absolute Gasteiger partial charge is 0.174 e. The van der Waals surface area contributed by atoms with Crippen molar-refractivity contribution in [1.29, 1.82) is 0 Å². The molecule has 1 saturated heterocycles. The fourth-order valence-electron chi connectivity index (χ4n) is 4.64. The van der Waals surface area contributed by atoms with E-state index >= 15 is 0 Å². The second-order valence-corrected chi connectivity index (χ2v) is 8.33. The molecule has 2 unspecified atom stereocenters. The Morgan fingerprint density at radius 3 is 2.38 bits per heavy atom. The Morgan fingerprint density at radius 1 is 0.938 bits per heavy atom. The number of thiocarbonyl (C=S) groups is 1. The summed E-state index contributed by atoms with van der Waals surface area (Å²) in [5.74, 6) is -0.305. The first-order valence-electron chi connectivity index (χ1n) is 10.6. The maximum absolute atomic E-state index is 14.9. The summed E-state index contributed by atoms with van der Waals surface area (Å²) in [4.78, 5) is 6.48. The molecule has 32 heavy (non-hydrogen) atoms. The Labute approximate surface area is 192 Å². The van der Waals surface area contributed by atoms with Crippen molar-refractivity contribution in [2.45, 2.75) is 25.9 Å². The number of para-hydroxylation sites is 2. The van der Waals surface area contributed by atoms with Crippen LogP contribution in [0.4, 0.5) is 10.1 Å². The third-order valence-electron chi connectivity index (χ3n) is 6.01. The van der Waals surface area contributed by atoms with Gasteiger partial charge in [0.2, 0.25) is 0 Å². The zero-order valence-corrected chi connectivity index (χ0v) is 18.7. The highest BCUT2D eigenvalue weighted by molar-refractivity contribution is 7.80. The molecule has 160 valence electrons. The molecule has 2 aromatic carbocycles. The first kappa shape index (κ1) is 20.4. The van der Waals surface area contributed by atoms with Gasteiger partial charge in [-0.25, -0.2) is 4.39 Å². The largest absolute Gasteiger partial charge is 0.351 e. The topological polar surface area (TPSA) is 33.1 Å². The summed E-state index contributed by atoms with van der Waals surface area (Å²) >= 11 is 5.73. The lowest BCUT2D eigenvalue weighted by Gasteiger charge is -2.28. The Hall–Kier alpha value is -3.51. The molecule has 4 aromatic rings. The summed E-state index contributed by atoms with van der Waals surface area (Å²) in [6.07, 6.45) is 1.77. The summed E-state index contributed by atoms with van der Waals surface area (Å²) in [7, 11) is 0. The molecule has 0 saturated carbocycles. The van der Waals surface area contributed by atoms with Crippen LogP contribution in [0, 0.1) is 19.7 Å². The van der Waals surface area contributed by atoms with Gasteiger partial charge in [0.15, 0.2) is 5.11 Å². The van der Waals surface area contributed by atoms with E-state index in [-0.39, 0.29) is 17.9 Å². The third kappa shape index (κ3) is 3.37. The van der Waals surface area contributed by atoms with Gasteiger partial charge in [0.1, 0.15) is 5.82 Å². The van der Waals surface area contributed by atoms with E-state index in [9.17, 15) is 4.39 Å². The highest BCUT2D eigenvalue weighted by Gasteiger charge is 2.43. The van der Waals surface area contributed by atoms with Crippen LogP contribution in [0.2, 0.25) is 0 Å². The van der Waals surface area contributed by atoms with E-state index in [1.165, 1.54) is 6.07 Å². The zero-order valence-electron chi connectivity index (χ0n) is 17.9. The Kier molecular flexibility index (Phi) is 5.23. The SMILES string of the molecule is Cc1cc(C2C(c3ccccn3)NC(=S)N2c2ccccc2F)c(C)n1-c1ccccc1. The maximum Gasteiger partial charge on any atom is 0.174 e. The van der Waals surface area contributed by atoms with Crippen LogP contribution < -0.4 is 10.2 Å². The number of hydrogen-bond acceptors (Lipinski definition) is 2. The van der Waals surface area contributed by atoms with E-state index in [0.29, 0.717) is 10.8 Å². The van der Waals surface area contributed by atoms with Crippen molar-refractivity contribution in [2.75, 3.05) is 4.90 Å². The highest BCUT2D eigenvalue weighted by Crippen LogP contribution is 2.44. The minimum atomic E-state index is -0.305. The lowest BCUT2D eigenvalue weighted by molar-refractivity contribution is 0.556. The van der Waals surface area contributed by atoms with Gasteiger partial charge < -0.3 is 14.8 Å². The minimum absolute atomic E-state index is 0.215. The number of benzene rings is 2. The third-order valence-corrected chi connectivity index (χ3v) is 6.33. The van der Waals surface area contributed by atoms with Crippen molar-refractivity contribution in [2.24, 2.45) is 0 Å². The Morgan fingerprint density at radius 2 is 1.66 bits per heavy atom. The molecule has 1 aliphatic rings. The number of rotatable bonds is 4.